The van der Waals surface area contributed by atoms with Gasteiger partial charge in [-0.1, -0.05) is 19.9 Å². The quantitative estimate of drug-likeness (QED) is 0.782. The Morgan fingerprint density at radius 2 is 2.00 bits per heavy atom. The van der Waals surface area contributed by atoms with E-state index < -0.39 is 29.8 Å². The Labute approximate surface area is 114 Å². The van der Waals surface area contributed by atoms with Crippen molar-refractivity contribution in [1.82, 2.24) is 10.2 Å². The second-order valence-electron chi connectivity index (χ2n) is 4.93. The zero-order valence-corrected chi connectivity index (χ0v) is 11.2. The van der Waals surface area contributed by atoms with E-state index in [1.54, 1.807) is 13.8 Å². The molecule has 2 amide bonds. The molecule has 1 aliphatic heterocycles. The summed E-state index contributed by atoms with van der Waals surface area (Å²) in [6.45, 7) is 3.01. The summed E-state index contributed by atoms with van der Waals surface area (Å²) in [7, 11) is 0. The van der Waals surface area contributed by atoms with Crippen LogP contribution in [0, 0.1) is 5.92 Å². The van der Waals surface area contributed by atoms with Gasteiger partial charge in [0.05, 0.1) is 0 Å². The summed E-state index contributed by atoms with van der Waals surface area (Å²) in [6.07, 6.45) is -3.70. The molecule has 0 aromatic rings. The molecule has 114 valence electrons. The second-order valence-corrected chi connectivity index (χ2v) is 4.93. The lowest BCUT2D eigenvalue weighted by Gasteiger charge is -2.29. The minimum Gasteiger partial charge on any atom is -0.480 e. The third-order valence-corrected chi connectivity index (χ3v) is 3.07. The Morgan fingerprint density at radius 3 is 2.35 bits per heavy atom. The van der Waals surface area contributed by atoms with Gasteiger partial charge in [-0.3, -0.25) is 0 Å². The van der Waals surface area contributed by atoms with Crippen LogP contribution >= 0.6 is 0 Å². The van der Waals surface area contributed by atoms with Gasteiger partial charge in [-0.2, -0.15) is 13.2 Å². The first-order chi connectivity index (χ1) is 9.12. The Kier molecular flexibility index (Phi) is 5.02. The lowest BCUT2D eigenvalue weighted by Crippen LogP contribution is -2.51. The van der Waals surface area contributed by atoms with Gasteiger partial charge in [0.15, 0.2) is 0 Å². The van der Waals surface area contributed by atoms with E-state index in [-0.39, 0.29) is 25.4 Å². The molecule has 1 heterocycles. The minimum absolute atomic E-state index is 0.0817. The fraction of sp³-hybridized carbons (Fsp3) is 0.667. The fourth-order valence-electron chi connectivity index (χ4n) is 1.85. The Morgan fingerprint density at radius 1 is 1.40 bits per heavy atom. The van der Waals surface area contributed by atoms with Crippen LogP contribution in [0.2, 0.25) is 0 Å². The highest BCUT2D eigenvalue weighted by Crippen LogP contribution is 2.30. The van der Waals surface area contributed by atoms with E-state index in [0.717, 1.165) is 11.0 Å². The summed E-state index contributed by atoms with van der Waals surface area (Å²) in [6, 6.07) is -1.72. The molecule has 0 saturated heterocycles. The molecule has 1 atom stereocenters. The summed E-state index contributed by atoms with van der Waals surface area (Å²) in [4.78, 5) is 23.9. The number of alkyl halides is 3. The molecule has 2 N–H and O–H groups in total. The van der Waals surface area contributed by atoms with Gasteiger partial charge in [-0.05, 0) is 12.3 Å². The molecule has 0 aromatic carbocycles. The fourth-order valence-corrected chi connectivity index (χ4v) is 1.85. The molecule has 0 bridgehead atoms. The number of hydrogen-bond donors (Lipinski definition) is 2. The first kappa shape index (κ1) is 16.3. The topological polar surface area (TPSA) is 69.6 Å². The third kappa shape index (κ3) is 4.14. The first-order valence-electron chi connectivity index (χ1n) is 6.17. The van der Waals surface area contributed by atoms with Crippen molar-refractivity contribution in [2.75, 3.05) is 13.1 Å². The van der Waals surface area contributed by atoms with E-state index in [2.05, 4.69) is 5.32 Å². The van der Waals surface area contributed by atoms with Gasteiger partial charge in [0.25, 0.3) is 0 Å². The van der Waals surface area contributed by atoms with E-state index in [4.69, 9.17) is 5.11 Å². The summed E-state index contributed by atoms with van der Waals surface area (Å²) in [5, 5.41) is 11.3. The Bertz CT molecular complexity index is 419. The molecule has 0 radical (unpaired) electrons. The predicted molar refractivity (Wildman–Crippen MR) is 65.1 cm³/mol. The number of halogens is 3. The second kappa shape index (κ2) is 6.15. The van der Waals surface area contributed by atoms with Crippen LogP contribution in [0.5, 0.6) is 0 Å². The van der Waals surface area contributed by atoms with Crippen molar-refractivity contribution in [2.24, 2.45) is 5.92 Å². The molecule has 0 spiro atoms. The SMILES string of the molecule is CC(C)[C@H](NC(=O)N1CC=C(C(F)(F)F)CC1)C(=O)O. The number of nitrogens with zero attached hydrogens (tertiary/aromatic N) is 1. The largest absolute Gasteiger partial charge is 0.480 e. The smallest absolute Gasteiger partial charge is 0.412 e. The third-order valence-electron chi connectivity index (χ3n) is 3.07. The number of carboxylic acids is 1. The number of amides is 2. The van der Waals surface area contributed by atoms with Gasteiger partial charge in [0, 0.05) is 18.7 Å². The number of urea groups is 1. The molecule has 0 unspecified atom stereocenters. The number of rotatable bonds is 3. The summed E-state index contributed by atoms with van der Waals surface area (Å²) in [5.41, 5.74) is -0.653. The van der Waals surface area contributed by atoms with E-state index >= 15 is 0 Å². The van der Waals surface area contributed by atoms with Crippen LogP contribution in [-0.4, -0.2) is 47.3 Å². The molecule has 0 aliphatic carbocycles. The van der Waals surface area contributed by atoms with Gasteiger partial charge >= 0.3 is 18.2 Å². The van der Waals surface area contributed by atoms with E-state index in [0.29, 0.717) is 0 Å². The molecule has 1 aliphatic rings. The van der Waals surface area contributed by atoms with Crippen LogP contribution in [0.4, 0.5) is 18.0 Å². The average molecular weight is 294 g/mol. The van der Waals surface area contributed by atoms with Crippen LogP contribution in [0.3, 0.4) is 0 Å². The zero-order chi connectivity index (χ0) is 15.5. The maximum Gasteiger partial charge on any atom is 0.412 e. The maximum atomic E-state index is 12.4. The molecule has 1 rings (SSSR count). The number of carboxylic acid groups (broad SMARTS) is 1. The summed E-state index contributed by atoms with van der Waals surface area (Å²) >= 11 is 0. The molecule has 0 fully saturated rings. The van der Waals surface area contributed by atoms with E-state index in [1.807, 2.05) is 0 Å². The number of hydrogen-bond acceptors (Lipinski definition) is 2. The normalized spacial score (nSPS) is 17.7. The number of nitrogens with one attached hydrogen (secondary N) is 1. The van der Waals surface area contributed by atoms with Gasteiger partial charge in [0.2, 0.25) is 0 Å². The number of aliphatic carboxylic acids is 1. The van der Waals surface area contributed by atoms with E-state index in [9.17, 15) is 22.8 Å². The lowest BCUT2D eigenvalue weighted by atomic mass is 10.0. The van der Waals surface area contributed by atoms with Crippen LogP contribution in [0.15, 0.2) is 11.6 Å². The molecule has 8 heteroatoms. The van der Waals surface area contributed by atoms with Gasteiger partial charge in [0.1, 0.15) is 6.04 Å². The highest BCUT2D eigenvalue weighted by Gasteiger charge is 2.36. The molecule has 20 heavy (non-hydrogen) atoms. The van der Waals surface area contributed by atoms with Gasteiger partial charge in [-0.25, -0.2) is 9.59 Å². The van der Waals surface area contributed by atoms with Crippen molar-refractivity contribution in [3.05, 3.63) is 11.6 Å². The average Bonchev–Trinajstić information content (AvgIpc) is 2.34. The molecule has 5 nitrogen and oxygen atoms in total. The van der Waals surface area contributed by atoms with Crippen LogP contribution in [-0.2, 0) is 4.79 Å². The monoisotopic (exact) mass is 294 g/mol. The first-order valence-corrected chi connectivity index (χ1v) is 6.17. The van der Waals surface area contributed by atoms with Crippen molar-refractivity contribution in [3.63, 3.8) is 0 Å². The number of carbonyl (C=O) groups excluding carboxylic acids is 1. The van der Waals surface area contributed by atoms with Gasteiger partial charge < -0.3 is 15.3 Å². The molecular weight excluding hydrogens is 277 g/mol. The number of carbonyl (C=O) groups is 2. The maximum absolute atomic E-state index is 12.4. The highest BCUT2D eigenvalue weighted by atomic mass is 19.4. The van der Waals surface area contributed by atoms with E-state index in [1.165, 1.54) is 0 Å². The van der Waals surface area contributed by atoms with Crippen molar-refractivity contribution < 1.29 is 27.9 Å². The highest BCUT2D eigenvalue weighted by molar-refractivity contribution is 5.83. The standard InChI is InChI=1S/C12H17F3N2O3/c1-7(2)9(10(18)19)16-11(20)17-5-3-8(4-6-17)12(13,14)15/h3,7,9H,4-6H2,1-2H3,(H,16,20)(H,18,19)/t9-/m0/s1. The van der Waals surface area contributed by atoms with Crippen LogP contribution in [0.1, 0.15) is 20.3 Å². The summed E-state index contributed by atoms with van der Waals surface area (Å²) in [5.74, 6) is -1.49. The Balaban J connectivity index is 2.63. The van der Waals surface area contributed by atoms with Crippen LogP contribution in [0.25, 0.3) is 0 Å². The van der Waals surface area contributed by atoms with Crippen molar-refractivity contribution in [2.45, 2.75) is 32.5 Å². The van der Waals surface area contributed by atoms with Crippen molar-refractivity contribution in [3.8, 4) is 0 Å². The van der Waals surface area contributed by atoms with Gasteiger partial charge in [-0.15, -0.1) is 0 Å². The van der Waals surface area contributed by atoms with Crippen molar-refractivity contribution >= 4 is 12.0 Å². The predicted octanol–water partition coefficient (Wildman–Crippen LogP) is 2.00. The molecule has 0 saturated carbocycles. The Hall–Kier alpha value is -1.73. The van der Waals surface area contributed by atoms with Crippen LogP contribution < -0.4 is 5.32 Å². The zero-order valence-electron chi connectivity index (χ0n) is 11.2. The lowest BCUT2D eigenvalue weighted by molar-refractivity contribution is -0.140. The molecular formula is C12H17F3N2O3. The summed E-state index contributed by atoms with van der Waals surface area (Å²) < 4.78 is 37.3. The van der Waals surface area contributed by atoms with Crippen molar-refractivity contribution in [1.29, 1.82) is 0 Å². The minimum atomic E-state index is -4.37. The molecule has 0 aromatic heterocycles.